The molecule has 3 heteroatoms. The van der Waals surface area contributed by atoms with Gasteiger partial charge in [-0.05, 0) is 36.4 Å². The maximum atomic E-state index is 10.8. The maximum Gasteiger partial charge on any atom is 0.178 e. The standard InChI is InChI=1S/C12H9NO.2C2H6.CH3.Y/c14-12-8-6-11(7-9-12)13-10-4-2-1-3-5-10;2*1-2;;/h1-9H;2*1-2H3;1H3;/q;;;-1;. The summed E-state index contributed by atoms with van der Waals surface area (Å²) in [5, 5.41) is 0. The van der Waals surface area contributed by atoms with E-state index in [0.717, 1.165) is 11.4 Å². The van der Waals surface area contributed by atoms with Crippen LogP contribution in [0.3, 0.4) is 0 Å². The van der Waals surface area contributed by atoms with E-state index in [1.54, 1.807) is 12.2 Å². The Balaban J connectivity index is -0.000000444. The van der Waals surface area contributed by atoms with Crippen LogP contribution >= 0.6 is 0 Å². The number of allylic oxidation sites excluding steroid dienone is 4. The molecule has 0 unspecified atom stereocenters. The number of hydrogen-bond donors (Lipinski definition) is 0. The second-order valence-electron chi connectivity index (χ2n) is 2.94. The minimum Gasteiger partial charge on any atom is -0.358 e. The zero-order valence-electron chi connectivity index (χ0n) is 13.1. The van der Waals surface area contributed by atoms with Crippen LogP contribution in [0.15, 0.2) is 59.6 Å². The first-order valence-corrected chi connectivity index (χ1v) is 6.38. The van der Waals surface area contributed by atoms with Gasteiger partial charge in [-0.25, -0.2) is 4.99 Å². The summed E-state index contributed by atoms with van der Waals surface area (Å²) in [6, 6.07) is 9.65. The van der Waals surface area contributed by atoms with Gasteiger partial charge < -0.3 is 7.43 Å². The molecule has 0 aromatic heterocycles. The number of para-hydroxylation sites is 1. The van der Waals surface area contributed by atoms with Crippen molar-refractivity contribution in [1.82, 2.24) is 0 Å². The van der Waals surface area contributed by atoms with Gasteiger partial charge in [-0.1, -0.05) is 45.9 Å². The van der Waals surface area contributed by atoms with Crippen molar-refractivity contribution in [2.45, 2.75) is 27.7 Å². The van der Waals surface area contributed by atoms with Gasteiger partial charge in [0.2, 0.25) is 0 Å². The van der Waals surface area contributed by atoms with E-state index >= 15 is 0 Å². The molecule has 1 aliphatic carbocycles. The van der Waals surface area contributed by atoms with Crippen molar-refractivity contribution >= 4 is 17.2 Å². The summed E-state index contributed by atoms with van der Waals surface area (Å²) >= 11 is 0. The van der Waals surface area contributed by atoms with Gasteiger partial charge in [0.1, 0.15) is 0 Å². The first kappa shape index (κ1) is 24.2. The number of carbonyl (C=O) groups is 1. The first-order chi connectivity index (χ1) is 8.84. The largest absolute Gasteiger partial charge is 0.358 e. The topological polar surface area (TPSA) is 29.4 Å². The minimum atomic E-state index is 0. The van der Waals surface area contributed by atoms with Crippen LogP contribution in [-0.2, 0) is 37.5 Å². The van der Waals surface area contributed by atoms with Crippen LogP contribution in [0.5, 0.6) is 0 Å². The van der Waals surface area contributed by atoms with Gasteiger partial charge in [-0.3, -0.25) is 4.79 Å². The van der Waals surface area contributed by atoms with Gasteiger partial charge in [0.05, 0.1) is 11.4 Å². The number of benzene rings is 1. The second-order valence-corrected chi connectivity index (χ2v) is 2.94. The van der Waals surface area contributed by atoms with Gasteiger partial charge >= 0.3 is 0 Å². The zero-order valence-corrected chi connectivity index (χ0v) is 16.0. The van der Waals surface area contributed by atoms with Gasteiger partial charge in [-0.2, -0.15) is 0 Å². The summed E-state index contributed by atoms with van der Waals surface area (Å²) in [5.41, 5.74) is 1.70. The number of aliphatic imine (C=N–C) groups is 1. The molecule has 0 heterocycles. The molecule has 0 atom stereocenters. The fraction of sp³-hybridized carbons (Fsp3) is 0.235. The Bertz CT molecular complexity index is 416. The van der Waals surface area contributed by atoms with Crippen LogP contribution in [0.2, 0.25) is 0 Å². The molecule has 2 nitrogen and oxygen atoms in total. The van der Waals surface area contributed by atoms with Gasteiger partial charge in [0.25, 0.3) is 0 Å². The Morgan fingerprint density at radius 2 is 1.25 bits per heavy atom. The van der Waals surface area contributed by atoms with Crippen LogP contribution in [0.4, 0.5) is 5.69 Å². The third kappa shape index (κ3) is 9.99. The fourth-order valence-corrected chi connectivity index (χ4v) is 1.17. The van der Waals surface area contributed by atoms with Crippen LogP contribution in [0.25, 0.3) is 0 Å². The van der Waals surface area contributed by atoms with E-state index in [-0.39, 0.29) is 45.9 Å². The number of rotatable bonds is 1. The van der Waals surface area contributed by atoms with E-state index in [2.05, 4.69) is 4.99 Å². The number of carbonyl (C=O) groups excluding carboxylic acids is 1. The quantitative estimate of drug-likeness (QED) is 0.522. The van der Waals surface area contributed by atoms with Crippen molar-refractivity contribution < 1.29 is 37.5 Å². The van der Waals surface area contributed by atoms with E-state index in [1.165, 1.54) is 12.2 Å². The predicted molar refractivity (Wildman–Crippen MR) is 85.9 cm³/mol. The van der Waals surface area contributed by atoms with Crippen LogP contribution in [-0.4, -0.2) is 11.5 Å². The molecule has 0 aliphatic heterocycles. The Kier molecular flexibility index (Phi) is 19.6. The fourth-order valence-electron chi connectivity index (χ4n) is 1.17. The molecule has 0 saturated heterocycles. The average molecular weight is 347 g/mol. The summed E-state index contributed by atoms with van der Waals surface area (Å²) in [6.07, 6.45) is 6.47. The summed E-state index contributed by atoms with van der Waals surface area (Å²) in [5.74, 6) is 0.0111. The Hall–Kier alpha value is -0.856. The van der Waals surface area contributed by atoms with Gasteiger partial charge in [0.15, 0.2) is 5.78 Å². The summed E-state index contributed by atoms with van der Waals surface area (Å²) < 4.78 is 0. The summed E-state index contributed by atoms with van der Waals surface area (Å²) in [6.45, 7) is 8.00. The van der Waals surface area contributed by atoms with E-state index < -0.39 is 0 Å². The molecule has 0 amide bonds. The van der Waals surface area contributed by atoms with E-state index in [4.69, 9.17) is 0 Å². The van der Waals surface area contributed by atoms with E-state index in [1.807, 2.05) is 58.0 Å². The zero-order chi connectivity index (χ0) is 13.8. The molecule has 0 N–H and O–H groups in total. The van der Waals surface area contributed by atoms with Crippen molar-refractivity contribution in [2.24, 2.45) is 4.99 Å². The predicted octanol–water partition coefficient (Wildman–Crippen LogP) is 4.95. The molecule has 107 valence electrons. The summed E-state index contributed by atoms with van der Waals surface area (Å²) in [7, 11) is 0. The molecule has 20 heavy (non-hydrogen) atoms. The minimum absolute atomic E-state index is 0. The number of nitrogens with zero attached hydrogens (tertiary/aromatic N) is 1. The monoisotopic (exact) mass is 347 g/mol. The molecule has 1 aliphatic rings. The van der Waals surface area contributed by atoms with Crippen molar-refractivity contribution in [3.63, 3.8) is 0 Å². The molecule has 0 fully saturated rings. The van der Waals surface area contributed by atoms with Crippen molar-refractivity contribution in [3.05, 3.63) is 62.1 Å². The van der Waals surface area contributed by atoms with Crippen molar-refractivity contribution in [3.8, 4) is 0 Å². The van der Waals surface area contributed by atoms with Gasteiger partial charge in [-0.15, -0.1) is 0 Å². The van der Waals surface area contributed by atoms with E-state index in [9.17, 15) is 4.79 Å². The molecule has 1 aromatic rings. The van der Waals surface area contributed by atoms with Crippen LogP contribution in [0, 0.1) is 7.43 Å². The Morgan fingerprint density at radius 3 is 1.70 bits per heavy atom. The number of hydrogen-bond acceptors (Lipinski definition) is 2. The first-order valence-electron chi connectivity index (χ1n) is 6.38. The van der Waals surface area contributed by atoms with Crippen LogP contribution < -0.4 is 0 Å². The summed E-state index contributed by atoms with van der Waals surface area (Å²) in [4.78, 5) is 15.2. The molecule has 1 radical (unpaired) electrons. The van der Waals surface area contributed by atoms with Gasteiger partial charge in [0, 0.05) is 32.7 Å². The van der Waals surface area contributed by atoms with Crippen LogP contribution in [0.1, 0.15) is 27.7 Å². The third-order valence-corrected chi connectivity index (χ3v) is 1.85. The van der Waals surface area contributed by atoms with E-state index in [0.29, 0.717) is 0 Å². The SMILES string of the molecule is CC.CC.O=C1C=CC(=Nc2ccccc2)C=C1.[CH3-].[Y]. The molecule has 0 saturated carbocycles. The molecule has 1 aromatic carbocycles. The normalized spacial score (nSPS) is 10.8. The smallest absolute Gasteiger partial charge is 0.178 e. The average Bonchev–Trinajstić information content (AvgIpc) is 2.47. The molecular weight excluding hydrogens is 323 g/mol. The molecular formula is C17H24NOY-. The molecule has 0 spiro atoms. The second kappa shape index (κ2) is 16.2. The maximum absolute atomic E-state index is 10.8. The van der Waals surface area contributed by atoms with Crippen molar-refractivity contribution in [2.75, 3.05) is 0 Å². The van der Waals surface area contributed by atoms with Crippen molar-refractivity contribution in [1.29, 1.82) is 0 Å². The Labute approximate surface area is 149 Å². The number of ketones is 1. The Morgan fingerprint density at radius 1 is 0.800 bits per heavy atom. The molecule has 2 rings (SSSR count). The third-order valence-electron chi connectivity index (χ3n) is 1.85. The molecule has 0 bridgehead atoms.